The summed E-state index contributed by atoms with van der Waals surface area (Å²) in [6.45, 7) is 4.18. The van der Waals surface area contributed by atoms with Crippen molar-refractivity contribution in [1.82, 2.24) is 0 Å². The molecule has 1 fully saturated rings. The van der Waals surface area contributed by atoms with Gasteiger partial charge in [-0.25, -0.2) is 0 Å². The summed E-state index contributed by atoms with van der Waals surface area (Å²) in [6, 6.07) is 0. The SMILES string of the molecule is CCCCCCCCC=CCCCCCCCC(=O)OC1OC1C. The number of rotatable bonds is 16. The van der Waals surface area contributed by atoms with Gasteiger partial charge in [0, 0.05) is 6.42 Å². The third-order valence-electron chi connectivity index (χ3n) is 4.55. The third-order valence-corrected chi connectivity index (χ3v) is 4.55. The molecule has 0 aromatic rings. The number of allylic oxidation sites excluding steroid dienone is 2. The minimum Gasteiger partial charge on any atom is -0.433 e. The van der Waals surface area contributed by atoms with Crippen molar-refractivity contribution in [3.63, 3.8) is 0 Å². The Hall–Kier alpha value is -0.830. The van der Waals surface area contributed by atoms with Gasteiger partial charge in [0.2, 0.25) is 6.29 Å². The Bertz CT molecular complexity index is 338. The quantitative estimate of drug-likeness (QED) is 0.143. The predicted molar refractivity (Wildman–Crippen MR) is 99.9 cm³/mol. The molecule has 1 aliphatic heterocycles. The number of unbranched alkanes of at least 4 members (excludes halogenated alkanes) is 11. The second kappa shape index (κ2) is 14.5. The maximum atomic E-state index is 11.5. The van der Waals surface area contributed by atoms with Gasteiger partial charge in [0.15, 0.2) is 0 Å². The van der Waals surface area contributed by atoms with Gasteiger partial charge in [0.05, 0.1) is 0 Å². The first-order valence-electron chi connectivity index (χ1n) is 10.2. The van der Waals surface area contributed by atoms with Gasteiger partial charge in [-0.1, -0.05) is 70.4 Å². The highest BCUT2D eigenvalue weighted by molar-refractivity contribution is 5.69. The summed E-state index contributed by atoms with van der Waals surface area (Å²) in [5.41, 5.74) is 0. The lowest BCUT2D eigenvalue weighted by molar-refractivity contribution is -0.148. The number of carbonyl (C=O) groups is 1. The molecule has 0 aromatic heterocycles. The molecule has 1 saturated heterocycles. The molecule has 0 aliphatic carbocycles. The van der Waals surface area contributed by atoms with Gasteiger partial charge < -0.3 is 9.47 Å². The van der Waals surface area contributed by atoms with Crippen LogP contribution in [-0.2, 0) is 14.3 Å². The summed E-state index contributed by atoms with van der Waals surface area (Å²) in [5, 5.41) is 0. The fraction of sp³-hybridized carbons (Fsp3) is 0.857. The van der Waals surface area contributed by atoms with E-state index in [1.54, 1.807) is 0 Å². The molecule has 140 valence electrons. The first-order valence-corrected chi connectivity index (χ1v) is 10.2. The molecule has 0 saturated carbocycles. The van der Waals surface area contributed by atoms with Crippen molar-refractivity contribution in [2.75, 3.05) is 0 Å². The summed E-state index contributed by atoms with van der Waals surface area (Å²) in [7, 11) is 0. The Morgan fingerprint density at radius 2 is 1.38 bits per heavy atom. The van der Waals surface area contributed by atoms with Crippen LogP contribution < -0.4 is 0 Å². The van der Waals surface area contributed by atoms with Crippen LogP contribution in [0.15, 0.2) is 12.2 Å². The zero-order chi connectivity index (χ0) is 17.5. The van der Waals surface area contributed by atoms with E-state index in [0.717, 1.165) is 12.8 Å². The standard InChI is InChI=1S/C21H38O3/c1-3-4-5-6-7-8-9-10-11-12-13-14-15-16-17-18-20(22)24-21-19(2)23-21/h10-11,19,21H,3-9,12-18H2,1-2H3. The molecular weight excluding hydrogens is 300 g/mol. The fourth-order valence-electron chi connectivity index (χ4n) is 2.82. The highest BCUT2D eigenvalue weighted by Gasteiger charge is 2.37. The molecule has 0 spiro atoms. The molecule has 0 aromatic carbocycles. The van der Waals surface area contributed by atoms with Crippen molar-refractivity contribution in [2.24, 2.45) is 0 Å². The van der Waals surface area contributed by atoms with Crippen molar-refractivity contribution in [3.05, 3.63) is 12.2 Å². The normalized spacial score (nSPS) is 19.8. The molecule has 2 unspecified atom stereocenters. The molecule has 1 aliphatic rings. The topological polar surface area (TPSA) is 38.8 Å². The minimum absolute atomic E-state index is 0.100. The highest BCUT2D eigenvalue weighted by Crippen LogP contribution is 2.22. The van der Waals surface area contributed by atoms with Crippen molar-refractivity contribution < 1.29 is 14.3 Å². The lowest BCUT2D eigenvalue weighted by Crippen LogP contribution is -2.08. The Kier molecular flexibility index (Phi) is 12.8. The smallest absolute Gasteiger partial charge is 0.308 e. The van der Waals surface area contributed by atoms with Crippen molar-refractivity contribution in [2.45, 2.75) is 116 Å². The van der Waals surface area contributed by atoms with E-state index in [1.165, 1.54) is 70.6 Å². The second-order valence-corrected chi connectivity index (χ2v) is 7.03. The van der Waals surface area contributed by atoms with E-state index in [0.29, 0.717) is 6.42 Å². The van der Waals surface area contributed by atoms with Crippen molar-refractivity contribution >= 4 is 5.97 Å². The van der Waals surface area contributed by atoms with Gasteiger partial charge in [-0.3, -0.25) is 4.79 Å². The molecular formula is C21H38O3. The zero-order valence-corrected chi connectivity index (χ0v) is 15.9. The van der Waals surface area contributed by atoms with Crippen LogP contribution in [0.5, 0.6) is 0 Å². The maximum Gasteiger partial charge on any atom is 0.308 e. The van der Waals surface area contributed by atoms with E-state index in [4.69, 9.17) is 9.47 Å². The van der Waals surface area contributed by atoms with Crippen LogP contribution in [0.3, 0.4) is 0 Å². The molecule has 0 radical (unpaired) electrons. The molecule has 0 amide bonds. The van der Waals surface area contributed by atoms with Crippen LogP contribution in [0.1, 0.15) is 104 Å². The predicted octanol–water partition coefficient (Wildman–Crippen LogP) is 6.31. The van der Waals surface area contributed by atoms with Crippen LogP contribution in [0.25, 0.3) is 0 Å². The molecule has 24 heavy (non-hydrogen) atoms. The van der Waals surface area contributed by atoms with Gasteiger partial charge >= 0.3 is 5.97 Å². The van der Waals surface area contributed by atoms with Gasteiger partial charge in [0.1, 0.15) is 6.10 Å². The molecule has 3 heteroatoms. The average molecular weight is 339 g/mol. The van der Waals surface area contributed by atoms with Gasteiger partial charge in [0.25, 0.3) is 0 Å². The van der Waals surface area contributed by atoms with E-state index in [9.17, 15) is 4.79 Å². The molecule has 1 rings (SSSR count). The number of hydrogen-bond donors (Lipinski definition) is 0. The molecule has 3 nitrogen and oxygen atoms in total. The number of ether oxygens (including phenoxy) is 2. The van der Waals surface area contributed by atoms with Gasteiger partial charge in [-0.2, -0.15) is 0 Å². The van der Waals surface area contributed by atoms with Crippen molar-refractivity contribution in [1.29, 1.82) is 0 Å². The fourth-order valence-corrected chi connectivity index (χ4v) is 2.82. The summed E-state index contributed by atoms with van der Waals surface area (Å²) in [6.07, 6.45) is 21.6. The van der Waals surface area contributed by atoms with Gasteiger partial charge in [-0.05, 0) is 39.0 Å². The zero-order valence-electron chi connectivity index (χ0n) is 15.9. The third kappa shape index (κ3) is 12.6. The average Bonchev–Trinajstić information content (AvgIpc) is 3.25. The number of carbonyl (C=O) groups excluding carboxylic acids is 1. The maximum absolute atomic E-state index is 11.5. The van der Waals surface area contributed by atoms with Gasteiger partial charge in [-0.15, -0.1) is 0 Å². The molecule has 0 N–H and O–H groups in total. The van der Waals surface area contributed by atoms with E-state index < -0.39 is 0 Å². The number of esters is 1. The van der Waals surface area contributed by atoms with E-state index >= 15 is 0 Å². The summed E-state index contributed by atoms with van der Waals surface area (Å²) in [5.74, 6) is -0.109. The van der Waals surface area contributed by atoms with E-state index in [-0.39, 0.29) is 18.4 Å². The Morgan fingerprint density at radius 3 is 1.92 bits per heavy atom. The Balaban J connectivity index is 1.74. The lowest BCUT2D eigenvalue weighted by Gasteiger charge is -2.02. The van der Waals surface area contributed by atoms with E-state index in [2.05, 4.69) is 19.1 Å². The monoisotopic (exact) mass is 338 g/mol. The Labute approximate surface area is 149 Å². The minimum atomic E-state index is -0.263. The van der Waals surface area contributed by atoms with E-state index in [1.807, 2.05) is 6.92 Å². The summed E-state index contributed by atoms with van der Waals surface area (Å²) < 4.78 is 10.2. The number of epoxide rings is 1. The first kappa shape index (κ1) is 21.2. The molecule has 1 heterocycles. The van der Waals surface area contributed by atoms with Crippen LogP contribution in [0.2, 0.25) is 0 Å². The number of hydrogen-bond acceptors (Lipinski definition) is 3. The van der Waals surface area contributed by atoms with Crippen molar-refractivity contribution in [3.8, 4) is 0 Å². The Morgan fingerprint density at radius 1 is 0.875 bits per heavy atom. The lowest BCUT2D eigenvalue weighted by atomic mass is 10.1. The van der Waals surface area contributed by atoms with Crippen LogP contribution in [0.4, 0.5) is 0 Å². The second-order valence-electron chi connectivity index (χ2n) is 7.03. The summed E-state index contributed by atoms with van der Waals surface area (Å²) in [4.78, 5) is 11.5. The van der Waals surface area contributed by atoms with Crippen LogP contribution >= 0.6 is 0 Å². The first-order chi connectivity index (χ1) is 11.7. The van der Waals surface area contributed by atoms with Crippen LogP contribution in [0, 0.1) is 0 Å². The van der Waals surface area contributed by atoms with Crippen LogP contribution in [-0.4, -0.2) is 18.4 Å². The summed E-state index contributed by atoms with van der Waals surface area (Å²) >= 11 is 0. The molecule has 2 atom stereocenters. The largest absolute Gasteiger partial charge is 0.433 e. The highest BCUT2D eigenvalue weighted by atomic mass is 16.8. The molecule has 0 bridgehead atoms.